The average molecular weight is 256 g/mol. The van der Waals surface area contributed by atoms with E-state index in [-0.39, 0.29) is 0 Å². The molecule has 0 amide bonds. The Bertz CT molecular complexity index is 393. The zero-order chi connectivity index (χ0) is 12.7. The predicted molar refractivity (Wildman–Crippen MR) is 31.4 cm³/mol. The van der Waals surface area contributed by atoms with Gasteiger partial charge in [-0.3, -0.25) is 0 Å². The largest absolute Gasteiger partial charge is 0.401 e. The van der Waals surface area contributed by atoms with Gasteiger partial charge >= 0.3 is 12.1 Å². The Morgan fingerprint density at radius 3 is 1.69 bits per heavy atom. The number of fused-ring (bicyclic) bond motifs is 1. The van der Waals surface area contributed by atoms with E-state index in [2.05, 4.69) is 0 Å². The molecule has 0 saturated heterocycles. The lowest BCUT2D eigenvalue weighted by atomic mass is 9.49. The molecule has 9 heteroatoms. The first-order chi connectivity index (χ1) is 6.93. The van der Waals surface area contributed by atoms with Crippen LogP contribution in [0.3, 0.4) is 0 Å². The topological polar surface area (TPSA) is 0 Å². The minimum atomic E-state index is -5.87. The summed E-state index contributed by atoms with van der Waals surface area (Å²) < 4.78 is 112. The van der Waals surface area contributed by atoms with Gasteiger partial charge in [-0.25, -0.2) is 26.3 Å². The van der Waals surface area contributed by atoms with Crippen LogP contribution in [-0.4, -0.2) is 23.4 Å². The molecule has 0 bridgehead atoms. The number of rotatable bonds is 0. The van der Waals surface area contributed by atoms with Crippen molar-refractivity contribution in [3.05, 3.63) is 11.7 Å². The fraction of sp³-hybridized carbons (Fsp3) is 0.714. The normalized spacial score (nSPS) is 45.9. The van der Waals surface area contributed by atoms with Crippen molar-refractivity contribution in [1.82, 2.24) is 0 Å². The van der Waals surface area contributed by atoms with E-state index in [4.69, 9.17) is 0 Å². The van der Waals surface area contributed by atoms with Gasteiger partial charge in [0.2, 0.25) is 5.67 Å². The fourth-order valence-electron chi connectivity index (χ4n) is 2.08. The summed E-state index contributed by atoms with van der Waals surface area (Å²) in [5.41, 5.74) is -9.47. The predicted octanol–water partition coefficient (Wildman–Crippen LogP) is 3.39. The van der Waals surface area contributed by atoms with Crippen LogP contribution in [0.1, 0.15) is 0 Å². The highest BCUT2D eigenvalue weighted by Crippen LogP contribution is 2.78. The van der Waals surface area contributed by atoms with Crippen LogP contribution in [0.5, 0.6) is 0 Å². The third-order valence-electron chi connectivity index (χ3n) is 2.86. The summed E-state index contributed by atoms with van der Waals surface area (Å²) in [6.07, 6.45) is -5.87. The maximum absolute atomic E-state index is 13.1. The van der Waals surface area contributed by atoms with Crippen LogP contribution in [0.2, 0.25) is 0 Å². The number of hydrogen-bond acceptors (Lipinski definition) is 0. The summed E-state index contributed by atoms with van der Waals surface area (Å²) in [6, 6.07) is 0. The lowest BCUT2D eigenvalue weighted by Gasteiger charge is -2.62. The van der Waals surface area contributed by atoms with Gasteiger partial charge in [-0.15, -0.1) is 0 Å². The molecule has 2 aliphatic rings. The highest BCUT2D eigenvalue weighted by Gasteiger charge is 3.00. The quantitative estimate of drug-likeness (QED) is 0.583. The van der Waals surface area contributed by atoms with Crippen LogP contribution in [0, 0.1) is 5.92 Å². The minimum absolute atomic E-state index is 2.75. The Labute approximate surface area is 81.7 Å². The molecular weight excluding hydrogens is 255 g/mol. The van der Waals surface area contributed by atoms with E-state index >= 15 is 0 Å². The first-order valence-corrected chi connectivity index (χ1v) is 3.82. The molecule has 1 fully saturated rings. The molecule has 0 nitrogen and oxygen atoms in total. The Morgan fingerprint density at radius 2 is 1.31 bits per heavy atom. The lowest BCUT2D eigenvalue weighted by Crippen LogP contribution is -2.86. The van der Waals surface area contributed by atoms with E-state index < -0.39 is 41.0 Å². The molecule has 3 atom stereocenters. The molecule has 16 heavy (non-hydrogen) atoms. The van der Waals surface area contributed by atoms with Crippen molar-refractivity contribution in [3.8, 4) is 0 Å². The molecule has 0 N–H and O–H groups in total. The van der Waals surface area contributed by atoms with Crippen molar-refractivity contribution in [1.29, 1.82) is 0 Å². The molecule has 0 aliphatic heterocycles. The zero-order valence-corrected chi connectivity index (χ0v) is 6.98. The Balaban J connectivity index is 2.57. The van der Waals surface area contributed by atoms with Crippen LogP contribution in [0.4, 0.5) is 39.5 Å². The van der Waals surface area contributed by atoms with E-state index in [0.717, 1.165) is 0 Å². The monoisotopic (exact) mass is 256 g/mol. The second-order valence-electron chi connectivity index (χ2n) is 3.60. The Kier molecular flexibility index (Phi) is 1.70. The molecule has 1 saturated carbocycles. The first kappa shape index (κ1) is 11.6. The highest BCUT2D eigenvalue weighted by molar-refractivity contribution is 5.55. The number of hydrogen-bond donors (Lipinski definition) is 0. The molecule has 0 spiro atoms. The van der Waals surface area contributed by atoms with Crippen molar-refractivity contribution < 1.29 is 39.5 Å². The lowest BCUT2D eigenvalue weighted by molar-refractivity contribution is -0.412. The van der Waals surface area contributed by atoms with Gasteiger partial charge in [0, 0.05) is 0 Å². The molecule has 92 valence electrons. The van der Waals surface area contributed by atoms with Gasteiger partial charge in [0.05, 0.1) is 0 Å². The van der Waals surface area contributed by atoms with Crippen molar-refractivity contribution in [2.75, 3.05) is 0 Å². The summed E-state index contributed by atoms with van der Waals surface area (Å²) in [7, 11) is 0. The highest BCUT2D eigenvalue weighted by atomic mass is 19.4. The standard InChI is InChI=1S/C7HF9/c8-1-2(9)5(11)4(1,10)3(6(5,12)13)7(14,15)16/h3H/t3?,4-,5?/m0/s1. The first-order valence-electron chi connectivity index (χ1n) is 3.82. The molecule has 2 unspecified atom stereocenters. The number of allylic oxidation sites excluding steroid dienone is 2. The Morgan fingerprint density at radius 1 is 0.875 bits per heavy atom. The SMILES string of the molecule is FC1=C(F)[C@]2(F)C(C(F)(F)F)C(F)(F)C12F. The van der Waals surface area contributed by atoms with Crippen molar-refractivity contribution in [3.63, 3.8) is 0 Å². The summed E-state index contributed by atoms with van der Waals surface area (Å²) in [5, 5.41) is 0. The molecule has 0 aromatic rings. The Hall–Kier alpha value is -0.890. The van der Waals surface area contributed by atoms with Crippen LogP contribution in [-0.2, 0) is 0 Å². The van der Waals surface area contributed by atoms with Crippen LogP contribution in [0.15, 0.2) is 11.7 Å². The van der Waals surface area contributed by atoms with E-state index in [1.165, 1.54) is 0 Å². The second kappa shape index (κ2) is 2.35. The maximum atomic E-state index is 13.1. The fourth-order valence-corrected chi connectivity index (χ4v) is 2.08. The molecular formula is C7HF9. The summed E-state index contributed by atoms with van der Waals surface area (Å²) in [5.74, 6) is -15.1. The third-order valence-corrected chi connectivity index (χ3v) is 2.86. The molecule has 2 rings (SSSR count). The summed E-state index contributed by atoms with van der Waals surface area (Å²) in [4.78, 5) is 0. The van der Waals surface area contributed by atoms with Gasteiger partial charge in [-0.05, 0) is 0 Å². The van der Waals surface area contributed by atoms with Crippen LogP contribution in [0.25, 0.3) is 0 Å². The van der Waals surface area contributed by atoms with E-state index in [9.17, 15) is 39.5 Å². The van der Waals surface area contributed by atoms with Crippen molar-refractivity contribution in [2.24, 2.45) is 5.92 Å². The summed E-state index contributed by atoms with van der Waals surface area (Å²) in [6.45, 7) is 0. The average Bonchev–Trinajstić information content (AvgIpc) is 2.10. The van der Waals surface area contributed by atoms with Crippen LogP contribution < -0.4 is 0 Å². The smallest absolute Gasteiger partial charge is 0.231 e. The third kappa shape index (κ3) is 0.736. The molecule has 0 heterocycles. The van der Waals surface area contributed by atoms with Crippen LogP contribution >= 0.6 is 0 Å². The van der Waals surface area contributed by atoms with Gasteiger partial charge in [-0.1, -0.05) is 0 Å². The van der Waals surface area contributed by atoms with Gasteiger partial charge in [0.15, 0.2) is 17.6 Å². The van der Waals surface area contributed by atoms with Gasteiger partial charge in [0.1, 0.15) is 0 Å². The molecule has 0 radical (unpaired) electrons. The number of alkyl halides is 7. The maximum Gasteiger partial charge on any atom is 0.401 e. The van der Waals surface area contributed by atoms with Gasteiger partial charge < -0.3 is 0 Å². The second-order valence-corrected chi connectivity index (χ2v) is 3.60. The van der Waals surface area contributed by atoms with Crippen molar-refractivity contribution in [2.45, 2.75) is 23.4 Å². The minimum Gasteiger partial charge on any atom is -0.231 e. The van der Waals surface area contributed by atoms with E-state index in [1.54, 1.807) is 0 Å². The summed E-state index contributed by atoms with van der Waals surface area (Å²) >= 11 is 0. The molecule has 0 aromatic heterocycles. The van der Waals surface area contributed by atoms with Gasteiger partial charge in [-0.2, -0.15) is 13.2 Å². The molecule has 2 aliphatic carbocycles. The van der Waals surface area contributed by atoms with Crippen molar-refractivity contribution >= 4 is 0 Å². The van der Waals surface area contributed by atoms with E-state index in [1.807, 2.05) is 0 Å². The van der Waals surface area contributed by atoms with Gasteiger partial charge in [0.25, 0.3) is 5.67 Å². The zero-order valence-electron chi connectivity index (χ0n) is 6.98. The molecule has 0 aromatic carbocycles. The number of halogens is 9. The van der Waals surface area contributed by atoms with E-state index in [0.29, 0.717) is 0 Å².